The molecule has 0 heterocycles. The van der Waals surface area contributed by atoms with Crippen LogP contribution < -0.4 is 10.6 Å². The van der Waals surface area contributed by atoms with Crippen LogP contribution in [-0.2, 0) is 4.79 Å². The van der Waals surface area contributed by atoms with Gasteiger partial charge < -0.3 is 10.6 Å². The number of hydrogen-bond donors (Lipinski definition) is 2. The van der Waals surface area contributed by atoms with Crippen LogP contribution in [0.15, 0.2) is 24.9 Å². The standard InChI is InChI=1S/C10H16N2O.C4H10/c1-4-7(2)11-9-5-10(6-9)12-8(3)13;1-4(2)3/h4,9-11H,1-2,5-6H2,3H3,(H,12,13);4H,1-3H3. The Hall–Kier alpha value is -1.25. The molecule has 1 aliphatic rings. The van der Waals surface area contributed by atoms with E-state index in [1.807, 2.05) is 0 Å². The van der Waals surface area contributed by atoms with E-state index in [1.165, 1.54) is 0 Å². The molecule has 0 bridgehead atoms. The molecule has 1 rings (SSSR count). The Morgan fingerprint density at radius 2 is 1.65 bits per heavy atom. The van der Waals surface area contributed by atoms with Gasteiger partial charge in [0.25, 0.3) is 0 Å². The highest BCUT2D eigenvalue weighted by Crippen LogP contribution is 2.20. The van der Waals surface area contributed by atoms with Crippen molar-refractivity contribution in [3.05, 3.63) is 24.9 Å². The summed E-state index contributed by atoms with van der Waals surface area (Å²) in [4.78, 5) is 10.7. The summed E-state index contributed by atoms with van der Waals surface area (Å²) >= 11 is 0. The van der Waals surface area contributed by atoms with Gasteiger partial charge >= 0.3 is 0 Å². The average Bonchev–Trinajstić information content (AvgIpc) is 2.12. The fraction of sp³-hybridized carbons (Fsp3) is 0.643. The number of carbonyl (C=O) groups is 1. The highest BCUT2D eigenvalue weighted by Gasteiger charge is 2.29. The molecule has 2 N–H and O–H groups in total. The molecule has 0 spiro atoms. The molecular weight excluding hydrogens is 212 g/mol. The Bertz CT molecular complexity index is 263. The molecule has 0 radical (unpaired) electrons. The number of carbonyl (C=O) groups excluding carboxylic acids is 1. The van der Waals surface area contributed by atoms with E-state index in [4.69, 9.17) is 0 Å². The Morgan fingerprint density at radius 1 is 1.24 bits per heavy atom. The summed E-state index contributed by atoms with van der Waals surface area (Å²) in [7, 11) is 0. The summed E-state index contributed by atoms with van der Waals surface area (Å²) in [5, 5.41) is 6.07. The minimum Gasteiger partial charge on any atom is -0.383 e. The summed E-state index contributed by atoms with van der Waals surface area (Å²) < 4.78 is 0. The zero-order valence-corrected chi connectivity index (χ0v) is 11.5. The summed E-state index contributed by atoms with van der Waals surface area (Å²) in [5.74, 6) is 0.881. The van der Waals surface area contributed by atoms with E-state index in [0.717, 1.165) is 24.5 Å². The molecular formula is C14H26N2O. The molecule has 3 heteroatoms. The quantitative estimate of drug-likeness (QED) is 0.739. The predicted molar refractivity (Wildman–Crippen MR) is 73.6 cm³/mol. The first-order valence-corrected chi connectivity index (χ1v) is 6.20. The van der Waals surface area contributed by atoms with E-state index in [0.29, 0.717) is 12.1 Å². The van der Waals surface area contributed by atoms with Gasteiger partial charge in [-0.3, -0.25) is 4.79 Å². The minimum atomic E-state index is 0.0472. The van der Waals surface area contributed by atoms with Crippen LogP contribution in [-0.4, -0.2) is 18.0 Å². The average molecular weight is 238 g/mol. The van der Waals surface area contributed by atoms with Gasteiger partial charge in [-0.1, -0.05) is 33.9 Å². The van der Waals surface area contributed by atoms with Crippen molar-refractivity contribution in [3.63, 3.8) is 0 Å². The van der Waals surface area contributed by atoms with E-state index in [2.05, 4.69) is 44.6 Å². The van der Waals surface area contributed by atoms with E-state index < -0.39 is 0 Å². The molecule has 0 aliphatic heterocycles. The van der Waals surface area contributed by atoms with Crippen molar-refractivity contribution in [1.29, 1.82) is 0 Å². The van der Waals surface area contributed by atoms with Gasteiger partial charge in [-0.2, -0.15) is 0 Å². The van der Waals surface area contributed by atoms with Crippen molar-refractivity contribution in [1.82, 2.24) is 10.6 Å². The molecule has 0 unspecified atom stereocenters. The Kier molecular flexibility index (Phi) is 7.35. The van der Waals surface area contributed by atoms with Gasteiger partial charge in [0.2, 0.25) is 5.91 Å². The van der Waals surface area contributed by atoms with Gasteiger partial charge in [0, 0.05) is 24.7 Å². The van der Waals surface area contributed by atoms with Crippen molar-refractivity contribution in [2.75, 3.05) is 0 Å². The lowest BCUT2D eigenvalue weighted by atomic mass is 9.86. The Morgan fingerprint density at radius 3 is 2.00 bits per heavy atom. The molecule has 98 valence electrons. The minimum absolute atomic E-state index is 0.0472. The second kappa shape index (κ2) is 7.93. The highest BCUT2D eigenvalue weighted by atomic mass is 16.1. The largest absolute Gasteiger partial charge is 0.383 e. The van der Waals surface area contributed by atoms with Crippen LogP contribution in [0.2, 0.25) is 0 Å². The summed E-state index contributed by atoms with van der Waals surface area (Å²) in [6.45, 7) is 15.4. The van der Waals surface area contributed by atoms with E-state index in [-0.39, 0.29) is 5.91 Å². The number of nitrogens with one attached hydrogen (secondary N) is 2. The Labute approximate surface area is 105 Å². The molecule has 1 fully saturated rings. The lowest BCUT2D eigenvalue weighted by Crippen LogP contribution is -2.51. The lowest BCUT2D eigenvalue weighted by molar-refractivity contribution is -0.120. The molecule has 1 aliphatic carbocycles. The van der Waals surface area contributed by atoms with E-state index >= 15 is 0 Å². The normalized spacial score (nSPS) is 21.7. The van der Waals surface area contributed by atoms with Gasteiger partial charge in [0.15, 0.2) is 0 Å². The van der Waals surface area contributed by atoms with Crippen LogP contribution in [0.4, 0.5) is 0 Å². The molecule has 3 nitrogen and oxygen atoms in total. The maximum atomic E-state index is 10.7. The predicted octanol–water partition coefficient (Wildman–Crippen LogP) is 2.61. The maximum absolute atomic E-state index is 10.7. The zero-order chi connectivity index (χ0) is 13.4. The SMILES string of the molecule is C=CC(=C)NC1CC(NC(C)=O)C1.CC(C)C. The first-order chi connectivity index (χ1) is 7.85. The monoisotopic (exact) mass is 238 g/mol. The summed E-state index contributed by atoms with van der Waals surface area (Å²) in [5.41, 5.74) is 0.853. The van der Waals surface area contributed by atoms with Crippen LogP contribution in [0.1, 0.15) is 40.5 Å². The van der Waals surface area contributed by atoms with Gasteiger partial charge in [-0.25, -0.2) is 0 Å². The number of amides is 1. The van der Waals surface area contributed by atoms with Crippen LogP contribution in [0, 0.1) is 5.92 Å². The van der Waals surface area contributed by atoms with Gasteiger partial charge in [-0.05, 0) is 24.8 Å². The molecule has 0 atom stereocenters. The third-order valence-electron chi connectivity index (χ3n) is 2.18. The highest BCUT2D eigenvalue weighted by molar-refractivity contribution is 5.73. The van der Waals surface area contributed by atoms with Crippen molar-refractivity contribution in [2.45, 2.75) is 52.6 Å². The van der Waals surface area contributed by atoms with Crippen molar-refractivity contribution < 1.29 is 4.79 Å². The Balaban J connectivity index is 0.000000557. The molecule has 0 saturated heterocycles. The van der Waals surface area contributed by atoms with Gasteiger partial charge in [0.1, 0.15) is 0 Å². The first kappa shape index (κ1) is 15.8. The maximum Gasteiger partial charge on any atom is 0.217 e. The molecule has 0 aromatic carbocycles. The fourth-order valence-electron chi connectivity index (χ4n) is 1.46. The zero-order valence-electron chi connectivity index (χ0n) is 11.5. The third kappa shape index (κ3) is 8.55. The molecule has 0 aromatic rings. The molecule has 1 amide bonds. The fourth-order valence-corrected chi connectivity index (χ4v) is 1.46. The third-order valence-corrected chi connectivity index (χ3v) is 2.18. The van der Waals surface area contributed by atoms with E-state index in [1.54, 1.807) is 13.0 Å². The molecule has 17 heavy (non-hydrogen) atoms. The number of hydrogen-bond acceptors (Lipinski definition) is 2. The number of allylic oxidation sites excluding steroid dienone is 1. The van der Waals surface area contributed by atoms with Crippen LogP contribution in [0.5, 0.6) is 0 Å². The van der Waals surface area contributed by atoms with Crippen molar-refractivity contribution >= 4 is 5.91 Å². The summed E-state index contributed by atoms with van der Waals surface area (Å²) in [6, 6.07) is 0.787. The van der Waals surface area contributed by atoms with Gasteiger partial charge in [-0.15, -0.1) is 0 Å². The summed E-state index contributed by atoms with van der Waals surface area (Å²) in [6.07, 6.45) is 3.66. The molecule has 0 aromatic heterocycles. The van der Waals surface area contributed by atoms with Crippen LogP contribution in [0.3, 0.4) is 0 Å². The topological polar surface area (TPSA) is 41.1 Å². The van der Waals surface area contributed by atoms with E-state index in [9.17, 15) is 4.79 Å². The van der Waals surface area contributed by atoms with Gasteiger partial charge in [0.05, 0.1) is 0 Å². The molecule has 1 saturated carbocycles. The van der Waals surface area contributed by atoms with Crippen molar-refractivity contribution in [2.24, 2.45) is 5.92 Å². The van der Waals surface area contributed by atoms with Crippen LogP contribution in [0.25, 0.3) is 0 Å². The lowest BCUT2D eigenvalue weighted by Gasteiger charge is -2.36. The second-order valence-corrected chi connectivity index (χ2v) is 5.17. The first-order valence-electron chi connectivity index (χ1n) is 6.20. The van der Waals surface area contributed by atoms with Crippen LogP contribution >= 0.6 is 0 Å². The smallest absolute Gasteiger partial charge is 0.217 e. The second-order valence-electron chi connectivity index (χ2n) is 5.17. The number of rotatable bonds is 4. The van der Waals surface area contributed by atoms with Crippen molar-refractivity contribution in [3.8, 4) is 0 Å².